The van der Waals surface area contributed by atoms with Crippen LogP contribution in [0.3, 0.4) is 0 Å². The van der Waals surface area contributed by atoms with Crippen molar-refractivity contribution < 1.29 is 24.2 Å². The summed E-state index contributed by atoms with van der Waals surface area (Å²) < 4.78 is 12.8. The standard InChI is InChI=1S/C47H47NO5/c1-4-6-15-38-34-18-21-46-22-20-37(48-3)31-14-10-13-30(26-31)33-17-16-32(49)27-35(33)40-36(46)19-23-47(43(46)41(34)44(50)52-38)39(53-45(51)42(40)47)25-28(5-2)24-29-11-8-7-9-12-29/h7-17,20,22,25-28,36-37,43,48-49H,4-6,18-19,21,23-24H2,1-3H3/b22-20+,38-15-,39-25-/t28-,36+,37+,43+,46-,47+/m1/s1. The van der Waals surface area contributed by atoms with E-state index in [0.717, 1.165) is 77.5 Å². The lowest BCUT2D eigenvalue weighted by molar-refractivity contribution is -0.135. The van der Waals surface area contributed by atoms with Gasteiger partial charge in [0, 0.05) is 22.5 Å². The summed E-state index contributed by atoms with van der Waals surface area (Å²) in [6.45, 7) is 4.32. The molecule has 7 aliphatic rings. The Morgan fingerprint density at radius 2 is 1.79 bits per heavy atom. The van der Waals surface area contributed by atoms with Crippen molar-refractivity contribution in [2.45, 2.75) is 71.3 Å². The lowest BCUT2D eigenvalue weighted by Gasteiger charge is -2.62. The predicted octanol–water partition coefficient (Wildman–Crippen LogP) is 9.70. The highest BCUT2D eigenvalue weighted by Crippen LogP contribution is 2.76. The molecule has 6 heteroatoms. The van der Waals surface area contributed by atoms with Crippen LogP contribution in [-0.2, 0) is 25.5 Å². The number of cyclic esters (lactones) is 2. The first kappa shape index (κ1) is 33.9. The minimum Gasteiger partial charge on any atom is -0.508 e. The molecule has 1 saturated carbocycles. The van der Waals surface area contributed by atoms with Crippen molar-refractivity contribution in [2.75, 3.05) is 7.05 Å². The van der Waals surface area contributed by atoms with Crippen LogP contribution in [0.4, 0.5) is 0 Å². The van der Waals surface area contributed by atoms with E-state index in [2.05, 4.69) is 92.0 Å². The average molecular weight is 706 g/mol. The van der Waals surface area contributed by atoms with Crippen LogP contribution in [0.15, 0.2) is 125 Å². The van der Waals surface area contributed by atoms with Crippen molar-refractivity contribution in [2.24, 2.45) is 28.6 Å². The van der Waals surface area contributed by atoms with Crippen molar-refractivity contribution >= 4 is 17.5 Å². The number of esters is 2. The topological polar surface area (TPSA) is 84.9 Å². The average Bonchev–Trinajstić information content (AvgIpc) is 3.65. The Kier molecular flexibility index (Phi) is 8.23. The lowest BCUT2D eigenvalue weighted by atomic mass is 9.38. The number of phenolic OH excluding ortho intramolecular Hbond substituents is 1. The number of fused-ring (bicyclic) bond motifs is 5. The monoisotopic (exact) mass is 705 g/mol. The number of hydrogen-bond donors (Lipinski definition) is 2. The molecule has 2 fully saturated rings. The van der Waals surface area contributed by atoms with Gasteiger partial charge in [0.05, 0.1) is 17.0 Å². The van der Waals surface area contributed by atoms with Crippen molar-refractivity contribution in [3.63, 3.8) is 0 Å². The Morgan fingerprint density at radius 3 is 2.58 bits per heavy atom. The van der Waals surface area contributed by atoms with E-state index in [1.54, 1.807) is 6.07 Å². The predicted molar refractivity (Wildman–Crippen MR) is 206 cm³/mol. The number of ether oxygens (including phenoxy) is 2. The minimum absolute atomic E-state index is 0.0776. The fraction of sp³-hybridized carbons (Fsp3) is 0.362. The van der Waals surface area contributed by atoms with Gasteiger partial charge in [-0.15, -0.1) is 0 Å². The molecule has 5 aliphatic carbocycles. The second-order valence-corrected chi connectivity index (χ2v) is 15.8. The summed E-state index contributed by atoms with van der Waals surface area (Å²) in [4.78, 5) is 29.2. The first-order valence-electron chi connectivity index (χ1n) is 19.5. The van der Waals surface area contributed by atoms with Crippen LogP contribution in [0, 0.1) is 28.6 Å². The maximum atomic E-state index is 14.8. The molecule has 2 aliphatic heterocycles. The quantitative estimate of drug-likeness (QED) is 0.188. The second-order valence-electron chi connectivity index (χ2n) is 15.8. The van der Waals surface area contributed by atoms with Gasteiger partial charge in [-0.2, -0.15) is 0 Å². The van der Waals surface area contributed by atoms with Crippen LogP contribution in [0.25, 0.3) is 16.7 Å². The number of aromatic hydroxyl groups is 1. The zero-order valence-corrected chi connectivity index (χ0v) is 30.8. The van der Waals surface area contributed by atoms with E-state index in [-0.39, 0.29) is 41.5 Å². The summed E-state index contributed by atoms with van der Waals surface area (Å²) in [7, 11) is 1.99. The Labute approximate surface area is 312 Å². The Hall–Kier alpha value is -4.94. The molecule has 10 rings (SSSR count). The molecule has 6 atom stereocenters. The summed E-state index contributed by atoms with van der Waals surface area (Å²) in [6, 6.07) is 24.5. The number of carbonyl (C=O) groups is 2. The van der Waals surface area contributed by atoms with E-state index in [1.807, 2.05) is 25.2 Å². The minimum atomic E-state index is -0.889. The molecule has 0 amide bonds. The molecule has 6 nitrogen and oxygen atoms in total. The molecule has 3 aromatic carbocycles. The molecular formula is C47H47NO5. The molecule has 2 N–H and O–H groups in total. The van der Waals surface area contributed by atoms with Gasteiger partial charge in [0.15, 0.2) is 0 Å². The Balaban J connectivity index is 1.37. The van der Waals surface area contributed by atoms with Gasteiger partial charge in [-0.05, 0) is 128 Å². The third-order valence-corrected chi connectivity index (χ3v) is 13.2. The van der Waals surface area contributed by atoms with Crippen LogP contribution in [-0.4, -0.2) is 24.1 Å². The van der Waals surface area contributed by atoms with Crippen LogP contribution in [0.1, 0.15) is 81.5 Å². The van der Waals surface area contributed by atoms with Gasteiger partial charge in [0.2, 0.25) is 0 Å². The van der Waals surface area contributed by atoms with Crippen molar-refractivity contribution in [1.29, 1.82) is 0 Å². The third-order valence-electron chi connectivity index (χ3n) is 13.2. The number of phenols is 1. The molecule has 0 unspecified atom stereocenters. The number of allylic oxidation sites excluding steroid dienone is 6. The fourth-order valence-corrected chi connectivity index (χ4v) is 10.9. The highest BCUT2D eigenvalue weighted by atomic mass is 16.5. The van der Waals surface area contributed by atoms with E-state index < -0.39 is 10.8 Å². The van der Waals surface area contributed by atoms with Crippen molar-refractivity contribution in [1.82, 2.24) is 5.32 Å². The molecule has 270 valence electrons. The number of nitrogens with one attached hydrogen (secondary N) is 1. The van der Waals surface area contributed by atoms with E-state index in [4.69, 9.17) is 9.47 Å². The first-order valence-corrected chi connectivity index (χ1v) is 19.5. The highest BCUT2D eigenvalue weighted by molar-refractivity contribution is 6.08. The molecule has 53 heavy (non-hydrogen) atoms. The smallest absolute Gasteiger partial charge is 0.340 e. The van der Waals surface area contributed by atoms with E-state index >= 15 is 0 Å². The van der Waals surface area contributed by atoms with Gasteiger partial charge in [-0.3, -0.25) is 0 Å². The highest BCUT2D eigenvalue weighted by Gasteiger charge is 2.73. The van der Waals surface area contributed by atoms with Gasteiger partial charge in [-0.25, -0.2) is 9.59 Å². The molecule has 6 bridgehead atoms. The number of unbranched alkanes of at least 4 members (excludes halogenated alkanes) is 1. The largest absolute Gasteiger partial charge is 0.508 e. The lowest BCUT2D eigenvalue weighted by Crippen LogP contribution is -2.58. The second kappa shape index (κ2) is 12.9. The summed E-state index contributed by atoms with van der Waals surface area (Å²) in [5.41, 5.74) is 7.13. The molecule has 3 aromatic rings. The first-order chi connectivity index (χ1) is 25.8. The zero-order chi connectivity index (χ0) is 36.5. The van der Waals surface area contributed by atoms with Gasteiger partial charge in [0.25, 0.3) is 0 Å². The Morgan fingerprint density at radius 1 is 0.943 bits per heavy atom. The number of carbonyl (C=O) groups excluding carboxylic acids is 2. The zero-order valence-electron chi connectivity index (χ0n) is 30.8. The van der Waals surface area contributed by atoms with Crippen LogP contribution in [0.2, 0.25) is 0 Å². The molecule has 2 spiro atoms. The van der Waals surface area contributed by atoms with Gasteiger partial charge in [-0.1, -0.05) is 87.0 Å². The van der Waals surface area contributed by atoms with Crippen molar-refractivity contribution in [3.8, 4) is 16.9 Å². The normalized spacial score (nSPS) is 30.7. The Bertz CT molecular complexity index is 2190. The summed E-state index contributed by atoms with van der Waals surface area (Å²) in [5, 5.41) is 14.7. The van der Waals surface area contributed by atoms with E-state index in [0.29, 0.717) is 29.9 Å². The SMILES string of the molecule is CCC/C=C1\OC(=O)C2=C1CC[C@@]13/C=C/[C@H](NC)c4cccc(c4)-c4ccc(O)cc4C4=C5C(=O)O/C(=C\[C@H](CC)Cc6ccccc6)[C@]5(CC[C@@H]41)[C@@H]23. The maximum absolute atomic E-state index is 14.8. The van der Waals surface area contributed by atoms with E-state index in [9.17, 15) is 14.7 Å². The van der Waals surface area contributed by atoms with Crippen LogP contribution in [0.5, 0.6) is 5.75 Å². The van der Waals surface area contributed by atoms with Crippen molar-refractivity contribution in [3.05, 3.63) is 142 Å². The third kappa shape index (κ3) is 5.01. The van der Waals surface area contributed by atoms with Gasteiger partial charge < -0.3 is 19.9 Å². The molecular weight excluding hydrogens is 659 g/mol. The number of rotatable bonds is 7. The number of likely N-dealkylation sites (N-methyl/N-ethyl adjacent to an activating group) is 1. The molecule has 2 heterocycles. The summed E-state index contributed by atoms with van der Waals surface area (Å²) in [6.07, 6.45) is 15.4. The number of hydrogen-bond acceptors (Lipinski definition) is 6. The van der Waals surface area contributed by atoms with Gasteiger partial charge in [0.1, 0.15) is 17.3 Å². The maximum Gasteiger partial charge on any atom is 0.340 e. The molecule has 1 saturated heterocycles. The molecule has 0 radical (unpaired) electrons. The fourth-order valence-electron chi connectivity index (χ4n) is 10.9. The van der Waals surface area contributed by atoms with Crippen LogP contribution >= 0.6 is 0 Å². The summed E-state index contributed by atoms with van der Waals surface area (Å²) in [5.74, 6) is 0.549. The van der Waals surface area contributed by atoms with Crippen LogP contribution < -0.4 is 5.32 Å². The van der Waals surface area contributed by atoms with E-state index in [1.165, 1.54) is 5.56 Å². The summed E-state index contributed by atoms with van der Waals surface area (Å²) >= 11 is 0. The molecule has 0 aromatic heterocycles. The number of benzene rings is 3. The van der Waals surface area contributed by atoms with Gasteiger partial charge >= 0.3 is 11.9 Å².